The van der Waals surface area contributed by atoms with Crippen LogP contribution in [0.25, 0.3) is 0 Å². The first-order valence-corrected chi connectivity index (χ1v) is 10.9. The van der Waals surface area contributed by atoms with Gasteiger partial charge in [-0.25, -0.2) is 0 Å². The van der Waals surface area contributed by atoms with Gasteiger partial charge >= 0.3 is 0 Å². The molecule has 0 aromatic heterocycles. The summed E-state index contributed by atoms with van der Waals surface area (Å²) in [6.07, 6.45) is 16.7. The normalized spacial score (nSPS) is 17.9. The third-order valence-corrected chi connectivity index (χ3v) is 5.58. The zero-order valence-electron chi connectivity index (χ0n) is 18.0. The summed E-state index contributed by atoms with van der Waals surface area (Å²) in [5.74, 6) is 9.04. The minimum absolute atomic E-state index is 0.539. The molecule has 29 heavy (non-hydrogen) atoms. The van der Waals surface area contributed by atoms with Crippen molar-refractivity contribution in [3.05, 3.63) is 65.2 Å². The van der Waals surface area contributed by atoms with Crippen LogP contribution in [0.4, 0.5) is 0 Å². The standard InChI is InChI=1S/C26H32O.C2H2/c1-3-5-6-21-9-15-24(16-10-21)25-17-11-22(12-18-25)7-8-23-13-19-26(20-14-23)27-4-2;1-2/h9-10,13-16,19-20,22,25H,3-6,11-12,17-18H2,1-2H3;1-2H/t22-,25-;. The summed E-state index contributed by atoms with van der Waals surface area (Å²) in [5.41, 5.74) is 4.09. The van der Waals surface area contributed by atoms with Gasteiger partial charge in [-0.1, -0.05) is 49.5 Å². The molecule has 3 rings (SSSR count). The van der Waals surface area contributed by atoms with Crippen molar-refractivity contribution in [3.8, 4) is 30.4 Å². The average Bonchev–Trinajstić information content (AvgIpc) is 2.79. The van der Waals surface area contributed by atoms with Crippen molar-refractivity contribution in [3.63, 3.8) is 0 Å². The second kappa shape index (κ2) is 12.7. The molecule has 1 nitrogen and oxygen atoms in total. The van der Waals surface area contributed by atoms with E-state index in [9.17, 15) is 0 Å². The first kappa shape index (κ1) is 22.6. The maximum Gasteiger partial charge on any atom is 0.119 e. The zero-order valence-corrected chi connectivity index (χ0v) is 18.0. The lowest BCUT2D eigenvalue weighted by Crippen LogP contribution is -2.12. The first-order valence-electron chi connectivity index (χ1n) is 10.9. The summed E-state index contributed by atoms with van der Waals surface area (Å²) < 4.78 is 5.49. The molecule has 0 atom stereocenters. The quantitative estimate of drug-likeness (QED) is 0.486. The molecule has 0 aliphatic heterocycles. The van der Waals surface area contributed by atoms with Crippen molar-refractivity contribution >= 4 is 0 Å². The van der Waals surface area contributed by atoms with Gasteiger partial charge in [0, 0.05) is 11.5 Å². The molecule has 152 valence electrons. The molecule has 0 amide bonds. The van der Waals surface area contributed by atoms with Crippen LogP contribution in [-0.4, -0.2) is 6.61 Å². The summed E-state index contributed by atoms with van der Waals surface area (Å²) in [6, 6.07) is 17.5. The molecular formula is C28H34O. The highest BCUT2D eigenvalue weighted by Gasteiger charge is 2.21. The molecule has 1 aliphatic rings. The fraction of sp³-hybridized carbons (Fsp3) is 0.429. The van der Waals surface area contributed by atoms with Gasteiger partial charge in [0.1, 0.15) is 5.75 Å². The van der Waals surface area contributed by atoms with Gasteiger partial charge in [-0.3, -0.25) is 0 Å². The lowest BCUT2D eigenvalue weighted by atomic mass is 9.78. The number of benzene rings is 2. The predicted molar refractivity (Wildman–Crippen MR) is 124 cm³/mol. The maximum atomic E-state index is 5.49. The Kier molecular flexibility index (Phi) is 9.95. The molecule has 2 aromatic rings. The summed E-state index contributed by atoms with van der Waals surface area (Å²) in [6.45, 7) is 4.96. The Bertz CT molecular complexity index is 778. The van der Waals surface area contributed by atoms with E-state index in [0.717, 1.165) is 11.3 Å². The van der Waals surface area contributed by atoms with E-state index in [1.807, 2.05) is 19.1 Å². The average molecular weight is 387 g/mol. The maximum absolute atomic E-state index is 5.49. The largest absolute Gasteiger partial charge is 0.494 e. The summed E-state index contributed by atoms with van der Waals surface area (Å²) in [4.78, 5) is 0. The minimum Gasteiger partial charge on any atom is -0.494 e. The van der Waals surface area contributed by atoms with Crippen molar-refractivity contribution in [1.82, 2.24) is 0 Å². The Balaban J connectivity index is 0.00000145. The Labute approximate surface area is 177 Å². The molecule has 1 aliphatic carbocycles. The predicted octanol–water partition coefficient (Wildman–Crippen LogP) is 7.00. The Morgan fingerprint density at radius 1 is 0.897 bits per heavy atom. The van der Waals surface area contributed by atoms with E-state index in [1.165, 1.54) is 56.1 Å². The summed E-state index contributed by atoms with van der Waals surface area (Å²) in [7, 11) is 0. The zero-order chi connectivity index (χ0) is 20.9. The first-order chi connectivity index (χ1) is 14.3. The monoisotopic (exact) mass is 386 g/mol. The van der Waals surface area contributed by atoms with E-state index < -0.39 is 0 Å². The van der Waals surface area contributed by atoms with E-state index in [-0.39, 0.29) is 0 Å². The Morgan fingerprint density at radius 2 is 1.55 bits per heavy atom. The van der Waals surface area contributed by atoms with Gasteiger partial charge < -0.3 is 4.74 Å². The smallest absolute Gasteiger partial charge is 0.119 e. The molecule has 0 radical (unpaired) electrons. The Hall–Kier alpha value is -2.64. The molecule has 1 heteroatoms. The van der Waals surface area contributed by atoms with Crippen molar-refractivity contribution in [2.24, 2.45) is 5.92 Å². The molecule has 0 saturated heterocycles. The van der Waals surface area contributed by atoms with Gasteiger partial charge in [-0.05, 0) is 86.8 Å². The number of hydrogen-bond acceptors (Lipinski definition) is 1. The van der Waals surface area contributed by atoms with E-state index >= 15 is 0 Å². The van der Waals surface area contributed by atoms with E-state index in [1.54, 1.807) is 0 Å². The van der Waals surface area contributed by atoms with Gasteiger partial charge in [0.05, 0.1) is 6.61 Å². The highest BCUT2D eigenvalue weighted by molar-refractivity contribution is 5.38. The third kappa shape index (κ3) is 7.36. The number of rotatable bonds is 6. The molecule has 1 fully saturated rings. The van der Waals surface area contributed by atoms with Gasteiger partial charge in [0.25, 0.3) is 0 Å². The van der Waals surface area contributed by atoms with E-state index in [4.69, 9.17) is 4.74 Å². The molecule has 0 N–H and O–H groups in total. The van der Waals surface area contributed by atoms with Crippen molar-refractivity contribution in [1.29, 1.82) is 0 Å². The van der Waals surface area contributed by atoms with Crippen LogP contribution < -0.4 is 4.74 Å². The number of hydrogen-bond donors (Lipinski definition) is 0. The van der Waals surface area contributed by atoms with Gasteiger partial charge in [-0.2, -0.15) is 0 Å². The molecule has 0 spiro atoms. The topological polar surface area (TPSA) is 9.23 Å². The number of aryl methyl sites for hydroxylation is 1. The van der Waals surface area contributed by atoms with Crippen LogP contribution in [0.2, 0.25) is 0 Å². The van der Waals surface area contributed by atoms with Crippen LogP contribution >= 0.6 is 0 Å². The van der Waals surface area contributed by atoms with Crippen LogP contribution in [0.1, 0.15) is 75.0 Å². The third-order valence-electron chi connectivity index (χ3n) is 5.58. The second-order valence-electron chi connectivity index (χ2n) is 7.62. The molecule has 0 bridgehead atoms. The lowest BCUT2D eigenvalue weighted by molar-refractivity contribution is 0.340. The van der Waals surface area contributed by atoms with E-state index in [2.05, 4.69) is 68.0 Å². The van der Waals surface area contributed by atoms with Crippen LogP contribution in [0.5, 0.6) is 5.75 Å². The summed E-state index contributed by atoms with van der Waals surface area (Å²) >= 11 is 0. The lowest BCUT2D eigenvalue weighted by Gasteiger charge is -2.26. The molecular weight excluding hydrogens is 352 g/mol. The van der Waals surface area contributed by atoms with Crippen molar-refractivity contribution < 1.29 is 4.74 Å². The van der Waals surface area contributed by atoms with Gasteiger partial charge in [0.2, 0.25) is 0 Å². The number of ether oxygens (including phenoxy) is 1. The van der Waals surface area contributed by atoms with Crippen LogP contribution in [0.3, 0.4) is 0 Å². The number of terminal acetylenes is 1. The van der Waals surface area contributed by atoms with Crippen molar-refractivity contribution in [2.75, 3.05) is 6.61 Å². The molecule has 2 aromatic carbocycles. The number of unbranched alkanes of at least 4 members (excludes halogenated alkanes) is 1. The van der Waals surface area contributed by atoms with Gasteiger partial charge in [0.15, 0.2) is 0 Å². The van der Waals surface area contributed by atoms with Crippen LogP contribution in [-0.2, 0) is 6.42 Å². The van der Waals surface area contributed by atoms with Gasteiger partial charge in [-0.15, -0.1) is 12.8 Å². The van der Waals surface area contributed by atoms with Crippen LogP contribution in [0, 0.1) is 30.6 Å². The fourth-order valence-electron chi connectivity index (χ4n) is 3.90. The molecule has 1 saturated carbocycles. The summed E-state index contributed by atoms with van der Waals surface area (Å²) in [5, 5.41) is 0. The molecule has 0 unspecified atom stereocenters. The highest BCUT2D eigenvalue weighted by Crippen LogP contribution is 2.35. The SMILES string of the molecule is C#C.CCCCc1ccc([C@H]2CC[C@H](C#Cc3ccc(OCC)cc3)CC2)cc1. The van der Waals surface area contributed by atoms with E-state index in [0.29, 0.717) is 18.4 Å². The fourth-order valence-corrected chi connectivity index (χ4v) is 3.90. The van der Waals surface area contributed by atoms with Crippen LogP contribution in [0.15, 0.2) is 48.5 Å². The molecule has 0 heterocycles. The Morgan fingerprint density at radius 3 is 2.14 bits per heavy atom. The van der Waals surface area contributed by atoms with Crippen molar-refractivity contribution in [2.45, 2.75) is 64.7 Å². The second-order valence-corrected chi connectivity index (χ2v) is 7.62. The highest BCUT2D eigenvalue weighted by atomic mass is 16.5. The minimum atomic E-state index is 0.539.